The maximum absolute atomic E-state index is 12.3. The second-order valence-corrected chi connectivity index (χ2v) is 4.70. The predicted octanol–water partition coefficient (Wildman–Crippen LogP) is 2.86. The van der Waals surface area contributed by atoms with Crippen LogP contribution in [0.5, 0.6) is 0 Å². The molecule has 3 nitrogen and oxygen atoms in total. The fourth-order valence-corrected chi connectivity index (χ4v) is 2.42. The number of allylic oxidation sites excluding steroid dienone is 1. The summed E-state index contributed by atoms with van der Waals surface area (Å²) in [6.07, 6.45) is 3.50. The smallest absolute Gasteiger partial charge is 0.262 e. The minimum Gasteiger partial charge on any atom is -0.283 e. The molecular formula is C14H14N2OS. The van der Waals surface area contributed by atoms with Crippen LogP contribution in [0.4, 0.5) is 0 Å². The van der Waals surface area contributed by atoms with Crippen molar-refractivity contribution in [2.45, 2.75) is 11.7 Å². The number of hydrogen-bond acceptors (Lipinski definition) is 3. The first-order valence-corrected chi connectivity index (χ1v) is 6.60. The van der Waals surface area contributed by atoms with Gasteiger partial charge in [0.15, 0.2) is 5.16 Å². The van der Waals surface area contributed by atoms with Crippen LogP contribution in [0.1, 0.15) is 0 Å². The Morgan fingerprint density at radius 1 is 1.28 bits per heavy atom. The van der Waals surface area contributed by atoms with Gasteiger partial charge in [-0.1, -0.05) is 36.0 Å². The van der Waals surface area contributed by atoms with E-state index >= 15 is 0 Å². The highest BCUT2D eigenvalue weighted by molar-refractivity contribution is 7.99. The van der Waals surface area contributed by atoms with Gasteiger partial charge in [-0.25, -0.2) is 4.98 Å². The monoisotopic (exact) mass is 258 g/mol. The third-order valence-corrected chi connectivity index (χ3v) is 3.44. The molecule has 92 valence electrons. The Morgan fingerprint density at radius 2 is 2.06 bits per heavy atom. The van der Waals surface area contributed by atoms with Gasteiger partial charge in [0.1, 0.15) is 0 Å². The first-order valence-electron chi connectivity index (χ1n) is 5.62. The Hall–Kier alpha value is -1.81. The summed E-state index contributed by atoms with van der Waals surface area (Å²) in [5.41, 5.74) is 0.710. The molecule has 2 aromatic rings. The Kier molecular flexibility index (Phi) is 3.99. The Bertz CT molecular complexity index is 646. The van der Waals surface area contributed by atoms with Gasteiger partial charge in [0, 0.05) is 12.3 Å². The summed E-state index contributed by atoms with van der Waals surface area (Å²) in [7, 11) is 0. The number of benzene rings is 1. The van der Waals surface area contributed by atoms with Crippen molar-refractivity contribution in [1.82, 2.24) is 9.55 Å². The highest BCUT2D eigenvalue weighted by atomic mass is 32.2. The second-order valence-electron chi connectivity index (χ2n) is 3.72. The first kappa shape index (κ1) is 12.6. The van der Waals surface area contributed by atoms with Crippen LogP contribution < -0.4 is 5.56 Å². The zero-order chi connectivity index (χ0) is 13.0. The van der Waals surface area contributed by atoms with E-state index in [1.807, 2.05) is 18.2 Å². The van der Waals surface area contributed by atoms with Crippen molar-refractivity contribution in [3.8, 4) is 0 Å². The summed E-state index contributed by atoms with van der Waals surface area (Å²) in [5.74, 6) is 0.724. The molecular weight excluding hydrogens is 244 g/mol. The molecule has 0 saturated carbocycles. The van der Waals surface area contributed by atoms with E-state index in [9.17, 15) is 4.79 Å². The number of thioether (sulfide) groups is 1. The minimum atomic E-state index is -0.0212. The summed E-state index contributed by atoms with van der Waals surface area (Å²) < 4.78 is 1.64. The van der Waals surface area contributed by atoms with Crippen LogP contribution in [-0.2, 0) is 6.54 Å². The summed E-state index contributed by atoms with van der Waals surface area (Å²) in [5, 5.41) is 1.35. The van der Waals surface area contributed by atoms with Crippen molar-refractivity contribution in [3.63, 3.8) is 0 Å². The molecule has 0 saturated heterocycles. The molecule has 0 amide bonds. The largest absolute Gasteiger partial charge is 0.283 e. The van der Waals surface area contributed by atoms with Crippen LogP contribution >= 0.6 is 11.8 Å². The second kappa shape index (κ2) is 5.69. The number of nitrogens with zero attached hydrogens (tertiary/aromatic N) is 2. The summed E-state index contributed by atoms with van der Waals surface area (Å²) in [4.78, 5) is 16.9. The van der Waals surface area contributed by atoms with Crippen LogP contribution in [0.2, 0.25) is 0 Å². The molecule has 0 bridgehead atoms. The van der Waals surface area contributed by atoms with Gasteiger partial charge >= 0.3 is 0 Å². The number of hydrogen-bond donors (Lipinski definition) is 0. The fraction of sp³-hybridized carbons (Fsp3) is 0.143. The van der Waals surface area contributed by atoms with Crippen molar-refractivity contribution in [3.05, 3.63) is 59.9 Å². The molecule has 1 aromatic heterocycles. The summed E-state index contributed by atoms with van der Waals surface area (Å²) in [6, 6.07) is 7.38. The summed E-state index contributed by atoms with van der Waals surface area (Å²) in [6.45, 7) is 7.83. The van der Waals surface area contributed by atoms with Gasteiger partial charge in [-0.05, 0) is 12.1 Å². The van der Waals surface area contributed by atoms with Crippen LogP contribution in [0.15, 0.2) is 59.5 Å². The molecule has 0 N–H and O–H groups in total. The van der Waals surface area contributed by atoms with E-state index in [1.54, 1.807) is 22.8 Å². The average Bonchev–Trinajstić information content (AvgIpc) is 2.40. The molecule has 0 atom stereocenters. The molecule has 0 aliphatic carbocycles. The lowest BCUT2D eigenvalue weighted by Gasteiger charge is -2.10. The topological polar surface area (TPSA) is 34.9 Å². The molecule has 1 heterocycles. The number of rotatable bonds is 5. The van der Waals surface area contributed by atoms with E-state index in [-0.39, 0.29) is 5.56 Å². The van der Waals surface area contributed by atoms with E-state index < -0.39 is 0 Å². The Morgan fingerprint density at radius 3 is 2.78 bits per heavy atom. The molecule has 18 heavy (non-hydrogen) atoms. The SMILES string of the molecule is C=CCSc1nc2ccccc2c(=O)n1CC=C. The third-order valence-electron chi connectivity index (χ3n) is 2.47. The van der Waals surface area contributed by atoms with Crippen molar-refractivity contribution in [2.24, 2.45) is 0 Å². The zero-order valence-corrected chi connectivity index (χ0v) is 10.8. The number of fused-ring (bicyclic) bond motifs is 1. The van der Waals surface area contributed by atoms with E-state index in [0.717, 1.165) is 11.3 Å². The molecule has 0 aliphatic heterocycles. The van der Waals surface area contributed by atoms with Crippen LogP contribution in [0, 0.1) is 0 Å². The van der Waals surface area contributed by atoms with Gasteiger partial charge in [0.05, 0.1) is 10.9 Å². The number of aromatic nitrogens is 2. The molecule has 0 aliphatic rings. The predicted molar refractivity (Wildman–Crippen MR) is 77.1 cm³/mol. The van der Waals surface area contributed by atoms with Crippen molar-refractivity contribution >= 4 is 22.7 Å². The normalized spacial score (nSPS) is 10.4. The highest BCUT2D eigenvalue weighted by Gasteiger charge is 2.09. The van der Waals surface area contributed by atoms with Crippen molar-refractivity contribution < 1.29 is 0 Å². The van der Waals surface area contributed by atoms with Crippen molar-refractivity contribution in [1.29, 1.82) is 0 Å². The van der Waals surface area contributed by atoms with E-state index in [4.69, 9.17) is 0 Å². The Labute approximate surface area is 110 Å². The van der Waals surface area contributed by atoms with Crippen LogP contribution in [0.25, 0.3) is 10.9 Å². The standard InChI is InChI=1S/C14H14N2OS/c1-3-9-16-13(17)11-7-5-6-8-12(11)15-14(16)18-10-4-2/h3-8H,1-2,9-10H2. The van der Waals surface area contributed by atoms with E-state index in [1.165, 1.54) is 11.8 Å². The highest BCUT2D eigenvalue weighted by Crippen LogP contribution is 2.17. The molecule has 0 fully saturated rings. The first-order chi connectivity index (χ1) is 8.77. The van der Waals surface area contributed by atoms with Gasteiger partial charge < -0.3 is 0 Å². The molecule has 0 unspecified atom stereocenters. The van der Waals surface area contributed by atoms with E-state index in [2.05, 4.69) is 18.1 Å². The molecule has 0 radical (unpaired) electrons. The minimum absolute atomic E-state index is 0.0212. The molecule has 4 heteroatoms. The van der Waals surface area contributed by atoms with Gasteiger partial charge in [-0.15, -0.1) is 13.2 Å². The maximum atomic E-state index is 12.3. The lowest BCUT2D eigenvalue weighted by molar-refractivity contribution is 0.672. The lowest BCUT2D eigenvalue weighted by Crippen LogP contribution is -2.22. The zero-order valence-electron chi connectivity index (χ0n) is 10.0. The molecule has 0 spiro atoms. The van der Waals surface area contributed by atoms with Crippen molar-refractivity contribution in [2.75, 3.05) is 5.75 Å². The molecule has 1 aromatic carbocycles. The van der Waals surface area contributed by atoms with Gasteiger partial charge in [0.25, 0.3) is 5.56 Å². The Balaban J connectivity index is 2.66. The lowest BCUT2D eigenvalue weighted by atomic mass is 10.2. The van der Waals surface area contributed by atoms with Gasteiger partial charge in [0.2, 0.25) is 0 Å². The van der Waals surface area contributed by atoms with Crippen LogP contribution in [-0.4, -0.2) is 15.3 Å². The quantitative estimate of drug-likeness (QED) is 0.470. The molecule has 2 rings (SSSR count). The average molecular weight is 258 g/mol. The summed E-state index contributed by atoms with van der Waals surface area (Å²) >= 11 is 1.50. The van der Waals surface area contributed by atoms with Gasteiger partial charge in [-0.2, -0.15) is 0 Å². The number of para-hydroxylation sites is 1. The van der Waals surface area contributed by atoms with Crippen LogP contribution in [0.3, 0.4) is 0 Å². The fourth-order valence-electron chi connectivity index (χ4n) is 1.68. The third kappa shape index (κ3) is 2.38. The van der Waals surface area contributed by atoms with Gasteiger partial charge in [-0.3, -0.25) is 9.36 Å². The maximum Gasteiger partial charge on any atom is 0.262 e. The van der Waals surface area contributed by atoms with E-state index in [0.29, 0.717) is 17.1 Å².